The van der Waals surface area contributed by atoms with Crippen LogP contribution in [-0.2, 0) is 22.6 Å². The number of thioether (sulfide) groups is 1. The van der Waals surface area contributed by atoms with Crippen LogP contribution in [0.15, 0.2) is 63.0 Å². The van der Waals surface area contributed by atoms with E-state index in [9.17, 15) is 9.59 Å². The quantitative estimate of drug-likeness (QED) is 0.434. The highest BCUT2D eigenvalue weighted by Gasteiger charge is 2.13. The Balaban J connectivity index is 1.45. The highest BCUT2D eigenvalue weighted by Crippen LogP contribution is 2.23. The van der Waals surface area contributed by atoms with Gasteiger partial charge in [0.1, 0.15) is 5.52 Å². The molecule has 9 heteroatoms. The summed E-state index contributed by atoms with van der Waals surface area (Å²) in [6, 6.07) is 14.7. The molecule has 0 aliphatic carbocycles. The third-order valence-electron chi connectivity index (χ3n) is 4.51. The van der Waals surface area contributed by atoms with Crippen molar-refractivity contribution in [1.82, 2.24) is 20.1 Å². The molecule has 0 radical (unpaired) electrons. The Bertz CT molecular complexity index is 1220. The number of carbonyl (C=O) groups is 1. The maximum absolute atomic E-state index is 12.6. The molecule has 0 unspecified atom stereocenters. The molecule has 2 aromatic carbocycles. The Morgan fingerprint density at radius 2 is 1.93 bits per heavy atom. The molecular weight excluding hydrogens is 404 g/mol. The van der Waals surface area contributed by atoms with Gasteiger partial charge >= 0.3 is 0 Å². The van der Waals surface area contributed by atoms with Crippen molar-refractivity contribution in [1.29, 1.82) is 0 Å². The van der Waals surface area contributed by atoms with E-state index in [4.69, 9.17) is 9.15 Å². The standard InChI is InChI=1S/C21H20N4O4S/c1-28-11-10-25-20(27)15-7-3-2-6-14(15)17(24-25)12-22-19(26)13-30-21-23-16-8-4-5-9-18(16)29-21/h2-9H,10-13H2,1H3,(H,22,26). The van der Waals surface area contributed by atoms with Crippen LogP contribution in [0.25, 0.3) is 21.9 Å². The largest absolute Gasteiger partial charge is 0.431 e. The molecule has 2 aromatic heterocycles. The molecule has 8 nitrogen and oxygen atoms in total. The molecule has 0 saturated carbocycles. The van der Waals surface area contributed by atoms with Crippen LogP contribution in [0.4, 0.5) is 0 Å². The predicted molar refractivity (Wildman–Crippen MR) is 114 cm³/mol. The van der Waals surface area contributed by atoms with E-state index in [0.717, 1.165) is 10.9 Å². The van der Waals surface area contributed by atoms with E-state index >= 15 is 0 Å². The highest BCUT2D eigenvalue weighted by atomic mass is 32.2. The lowest BCUT2D eigenvalue weighted by Gasteiger charge is -2.11. The summed E-state index contributed by atoms with van der Waals surface area (Å²) >= 11 is 1.23. The van der Waals surface area contributed by atoms with E-state index in [1.165, 1.54) is 16.4 Å². The van der Waals surface area contributed by atoms with Gasteiger partial charge in [-0.1, -0.05) is 42.1 Å². The van der Waals surface area contributed by atoms with Crippen LogP contribution in [0, 0.1) is 0 Å². The van der Waals surface area contributed by atoms with Crippen molar-refractivity contribution in [3.05, 3.63) is 64.6 Å². The minimum Gasteiger partial charge on any atom is -0.431 e. The Hall–Kier alpha value is -3.17. The number of nitrogens with one attached hydrogen (secondary N) is 1. The third kappa shape index (κ3) is 4.37. The van der Waals surface area contributed by atoms with Gasteiger partial charge in [0.15, 0.2) is 5.58 Å². The van der Waals surface area contributed by atoms with Crippen LogP contribution in [0.5, 0.6) is 0 Å². The van der Waals surface area contributed by atoms with E-state index in [1.54, 1.807) is 13.2 Å². The first-order valence-electron chi connectivity index (χ1n) is 9.38. The number of fused-ring (bicyclic) bond motifs is 2. The molecular formula is C21H20N4O4S. The number of para-hydroxylation sites is 2. The number of hydrogen-bond acceptors (Lipinski definition) is 7. The second kappa shape index (κ2) is 9.10. The fourth-order valence-electron chi connectivity index (χ4n) is 3.04. The summed E-state index contributed by atoms with van der Waals surface area (Å²) in [7, 11) is 1.57. The van der Waals surface area contributed by atoms with Crippen LogP contribution >= 0.6 is 11.8 Å². The number of ether oxygens (including phenoxy) is 1. The zero-order valence-electron chi connectivity index (χ0n) is 16.3. The van der Waals surface area contributed by atoms with Crippen LogP contribution in [0.1, 0.15) is 5.69 Å². The summed E-state index contributed by atoms with van der Waals surface area (Å²) in [5, 5.41) is 9.02. The second-order valence-corrected chi connectivity index (χ2v) is 7.45. The number of rotatable bonds is 8. The number of oxazole rings is 1. The normalized spacial score (nSPS) is 11.2. The van der Waals surface area contributed by atoms with E-state index < -0.39 is 0 Å². The lowest BCUT2D eigenvalue weighted by molar-refractivity contribution is -0.118. The topological polar surface area (TPSA) is 99.2 Å². The maximum Gasteiger partial charge on any atom is 0.274 e. The number of benzene rings is 2. The first kappa shape index (κ1) is 20.1. The summed E-state index contributed by atoms with van der Waals surface area (Å²) in [6.45, 7) is 0.924. The first-order chi connectivity index (χ1) is 14.7. The van der Waals surface area contributed by atoms with E-state index in [-0.39, 0.29) is 23.8 Å². The second-order valence-electron chi connectivity index (χ2n) is 6.53. The minimum absolute atomic E-state index is 0.161. The summed E-state index contributed by atoms with van der Waals surface area (Å²) in [5.41, 5.74) is 1.90. The Morgan fingerprint density at radius 1 is 1.17 bits per heavy atom. The Kier molecular flexibility index (Phi) is 6.10. The number of amides is 1. The predicted octanol–water partition coefficient (Wildman–Crippen LogP) is 2.59. The average Bonchev–Trinajstić information content (AvgIpc) is 3.19. The number of nitrogens with zero attached hydrogens (tertiary/aromatic N) is 3. The van der Waals surface area contributed by atoms with Crippen molar-refractivity contribution in [2.45, 2.75) is 18.3 Å². The number of hydrogen-bond donors (Lipinski definition) is 1. The van der Waals surface area contributed by atoms with Gasteiger partial charge < -0.3 is 14.5 Å². The lowest BCUT2D eigenvalue weighted by atomic mass is 10.1. The van der Waals surface area contributed by atoms with E-state index in [0.29, 0.717) is 35.0 Å². The Labute approximate surface area is 176 Å². The smallest absolute Gasteiger partial charge is 0.274 e. The number of methoxy groups -OCH3 is 1. The first-order valence-corrected chi connectivity index (χ1v) is 10.4. The number of carbonyl (C=O) groups excluding carboxylic acids is 1. The fourth-order valence-corrected chi connectivity index (χ4v) is 3.71. The van der Waals surface area contributed by atoms with Crippen LogP contribution < -0.4 is 10.9 Å². The molecule has 154 valence electrons. The van der Waals surface area contributed by atoms with Gasteiger partial charge in [-0.15, -0.1) is 0 Å². The molecule has 2 heterocycles. The van der Waals surface area contributed by atoms with E-state index in [2.05, 4.69) is 15.4 Å². The summed E-state index contributed by atoms with van der Waals surface area (Å²) < 4.78 is 12.0. The molecule has 4 rings (SSSR count). The lowest BCUT2D eigenvalue weighted by Crippen LogP contribution is -2.30. The molecule has 0 fully saturated rings. The van der Waals surface area contributed by atoms with E-state index in [1.807, 2.05) is 42.5 Å². The molecule has 1 N–H and O–H groups in total. The van der Waals surface area contributed by atoms with Gasteiger partial charge in [-0.25, -0.2) is 9.67 Å². The molecule has 0 atom stereocenters. The molecule has 0 aliphatic rings. The van der Waals surface area contributed by atoms with Gasteiger partial charge in [0.25, 0.3) is 10.8 Å². The third-order valence-corrected chi connectivity index (χ3v) is 5.33. The average molecular weight is 424 g/mol. The van der Waals surface area contributed by atoms with Gasteiger partial charge in [0, 0.05) is 12.5 Å². The highest BCUT2D eigenvalue weighted by molar-refractivity contribution is 7.99. The van der Waals surface area contributed by atoms with Gasteiger partial charge in [0.05, 0.1) is 36.5 Å². The molecule has 4 aromatic rings. The van der Waals surface area contributed by atoms with Crippen molar-refractivity contribution < 1.29 is 13.9 Å². The van der Waals surface area contributed by atoms with Crippen molar-refractivity contribution in [2.75, 3.05) is 19.5 Å². The summed E-state index contributed by atoms with van der Waals surface area (Å²) in [4.78, 5) is 29.3. The molecule has 0 bridgehead atoms. The van der Waals surface area contributed by atoms with Crippen molar-refractivity contribution >= 4 is 39.5 Å². The SMILES string of the molecule is COCCn1nc(CNC(=O)CSc2nc3ccccc3o2)c2ccccc2c1=O. The van der Waals surface area contributed by atoms with Gasteiger partial charge in [-0.2, -0.15) is 5.10 Å². The monoisotopic (exact) mass is 424 g/mol. The molecule has 0 aliphatic heterocycles. The van der Waals surface area contributed by atoms with Crippen molar-refractivity contribution in [2.24, 2.45) is 0 Å². The summed E-state index contributed by atoms with van der Waals surface area (Å²) in [6.07, 6.45) is 0. The number of aromatic nitrogens is 3. The maximum atomic E-state index is 12.6. The fraction of sp³-hybridized carbons (Fsp3) is 0.238. The molecule has 30 heavy (non-hydrogen) atoms. The summed E-state index contributed by atoms with van der Waals surface area (Å²) in [5.74, 6) is -0.0172. The molecule has 1 amide bonds. The molecule has 0 spiro atoms. The van der Waals surface area contributed by atoms with Crippen LogP contribution in [0.2, 0.25) is 0 Å². The molecule has 0 saturated heterocycles. The minimum atomic E-state index is -0.178. The zero-order valence-corrected chi connectivity index (χ0v) is 17.1. The van der Waals surface area contributed by atoms with Gasteiger partial charge in [-0.3, -0.25) is 9.59 Å². The van der Waals surface area contributed by atoms with Crippen molar-refractivity contribution in [3.63, 3.8) is 0 Å². The van der Waals surface area contributed by atoms with Crippen molar-refractivity contribution in [3.8, 4) is 0 Å². The zero-order chi connectivity index (χ0) is 20.9. The van der Waals surface area contributed by atoms with Crippen LogP contribution in [-0.4, -0.2) is 40.1 Å². The van der Waals surface area contributed by atoms with Gasteiger partial charge in [0.2, 0.25) is 5.91 Å². The Morgan fingerprint density at radius 3 is 2.73 bits per heavy atom. The van der Waals surface area contributed by atoms with Gasteiger partial charge in [-0.05, 0) is 18.2 Å². The van der Waals surface area contributed by atoms with Crippen LogP contribution in [0.3, 0.4) is 0 Å².